The van der Waals surface area contributed by atoms with Gasteiger partial charge in [-0.05, 0) is 31.9 Å². The van der Waals surface area contributed by atoms with Crippen LogP contribution >= 0.6 is 0 Å². The predicted octanol–water partition coefficient (Wildman–Crippen LogP) is 2.74. The van der Waals surface area contributed by atoms with Gasteiger partial charge in [-0.25, -0.2) is 4.98 Å². The van der Waals surface area contributed by atoms with E-state index in [2.05, 4.69) is 9.55 Å². The Bertz CT molecular complexity index is 633. The number of rotatable bonds is 6. The number of aliphatic hydroxyl groups is 1. The van der Waals surface area contributed by atoms with E-state index in [-0.39, 0.29) is 12.0 Å². The van der Waals surface area contributed by atoms with E-state index in [0.717, 1.165) is 36.5 Å². The monoisotopic (exact) mass is 316 g/mol. The standard InChI is InChI=1S/C18H24N2O3/c1-2-23-16-5-3-4-15(12-16)17-19-8-9-20(17)13-18(14-21)6-10-22-11-7-18/h3-5,8-9,12,21H,2,6-7,10-11,13-14H2,1H3. The molecule has 23 heavy (non-hydrogen) atoms. The van der Waals surface area contributed by atoms with E-state index < -0.39 is 0 Å². The van der Waals surface area contributed by atoms with Crippen LogP contribution in [0.3, 0.4) is 0 Å². The highest BCUT2D eigenvalue weighted by molar-refractivity contribution is 5.58. The fraction of sp³-hybridized carbons (Fsp3) is 0.500. The molecule has 1 saturated heterocycles. The maximum Gasteiger partial charge on any atom is 0.140 e. The summed E-state index contributed by atoms with van der Waals surface area (Å²) in [5.41, 5.74) is 0.909. The summed E-state index contributed by atoms with van der Waals surface area (Å²) in [4.78, 5) is 4.51. The molecule has 0 spiro atoms. The van der Waals surface area contributed by atoms with Gasteiger partial charge in [0, 0.05) is 43.1 Å². The number of aromatic nitrogens is 2. The Morgan fingerprint density at radius 3 is 2.91 bits per heavy atom. The third-order valence-corrected chi connectivity index (χ3v) is 4.51. The maximum absolute atomic E-state index is 9.91. The third kappa shape index (κ3) is 3.57. The molecule has 5 nitrogen and oxygen atoms in total. The van der Waals surface area contributed by atoms with Gasteiger partial charge in [0.2, 0.25) is 0 Å². The highest BCUT2D eigenvalue weighted by Crippen LogP contribution is 2.33. The van der Waals surface area contributed by atoms with Gasteiger partial charge in [0.25, 0.3) is 0 Å². The Morgan fingerprint density at radius 2 is 2.17 bits per heavy atom. The first-order valence-electron chi connectivity index (χ1n) is 8.19. The Balaban J connectivity index is 1.86. The molecule has 5 heteroatoms. The van der Waals surface area contributed by atoms with E-state index in [4.69, 9.17) is 9.47 Å². The second-order valence-corrected chi connectivity index (χ2v) is 6.11. The minimum atomic E-state index is -0.120. The lowest BCUT2D eigenvalue weighted by Crippen LogP contribution is -2.37. The van der Waals surface area contributed by atoms with Crippen molar-refractivity contribution < 1.29 is 14.6 Å². The van der Waals surface area contributed by atoms with Gasteiger partial charge in [-0.3, -0.25) is 0 Å². The van der Waals surface area contributed by atoms with Crippen LogP contribution in [0, 0.1) is 5.41 Å². The zero-order valence-corrected chi connectivity index (χ0v) is 13.6. The molecule has 0 bridgehead atoms. The normalized spacial score (nSPS) is 17.1. The van der Waals surface area contributed by atoms with Gasteiger partial charge in [-0.2, -0.15) is 0 Å². The Hall–Kier alpha value is -1.85. The molecule has 0 saturated carbocycles. The largest absolute Gasteiger partial charge is 0.494 e. The zero-order valence-electron chi connectivity index (χ0n) is 13.6. The van der Waals surface area contributed by atoms with Crippen molar-refractivity contribution >= 4 is 0 Å². The van der Waals surface area contributed by atoms with Gasteiger partial charge in [0.15, 0.2) is 0 Å². The first kappa shape index (κ1) is 16.0. The fourth-order valence-corrected chi connectivity index (χ4v) is 3.12. The number of benzene rings is 1. The molecule has 1 fully saturated rings. The molecule has 0 radical (unpaired) electrons. The molecule has 0 atom stereocenters. The minimum absolute atomic E-state index is 0.120. The molecule has 0 amide bonds. The highest BCUT2D eigenvalue weighted by atomic mass is 16.5. The van der Waals surface area contributed by atoms with E-state index >= 15 is 0 Å². The summed E-state index contributed by atoms with van der Waals surface area (Å²) in [6.45, 7) is 4.97. The summed E-state index contributed by atoms with van der Waals surface area (Å²) in [6, 6.07) is 7.98. The van der Waals surface area contributed by atoms with Crippen LogP contribution in [-0.4, -0.2) is 41.1 Å². The summed E-state index contributed by atoms with van der Waals surface area (Å²) >= 11 is 0. The quantitative estimate of drug-likeness (QED) is 0.890. The number of hydrogen-bond donors (Lipinski definition) is 1. The van der Waals surface area contributed by atoms with Crippen molar-refractivity contribution in [3.63, 3.8) is 0 Å². The Labute approximate surface area is 136 Å². The van der Waals surface area contributed by atoms with E-state index in [1.807, 2.05) is 43.6 Å². The highest BCUT2D eigenvalue weighted by Gasteiger charge is 2.33. The van der Waals surface area contributed by atoms with E-state index in [1.54, 1.807) is 0 Å². The van der Waals surface area contributed by atoms with Crippen LogP contribution in [0.2, 0.25) is 0 Å². The van der Waals surface area contributed by atoms with Crippen molar-refractivity contribution in [1.29, 1.82) is 0 Å². The van der Waals surface area contributed by atoms with Crippen molar-refractivity contribution in [2.45, 2.75) is 26.3 Å². The lowest BCUT2D eigenvalue weighted by atomic mass is 9.81. The van der Waals surface area contributed by atoms with Crippen molar-refractivity contribution in [1.82, 2.24) is 9.55 Å². The SMILES string of the molecule is CCOc1cccc(-c2nccn2CC2(CO)CCOCC2)c1. The molecule has 2 aromatic rings. The van der Waals surface area contributed by atoms with Crippen LogP contribution < -0.4 is 4.74 Å². The van der Waals surface area contributed by atoms with E-state index in [9.17, 15) is 5.11 Å². The molecule has 0 unspecified atom stereocenters. The third-order valence-electron chi connectivity index (χ3n) is 4.51. The van der Waals surface area contributed by atoms with Crippen LogP contribution in [0.25, 0.3) is 11.4 Å². The molecular weight excluding hydrogens is 292 g/mol. The van der Waals surface area contributed by atoms with Gasteiger partial charge in [0.05, 0.1) is 13.2 Å². The maximum atomic E-state index is 9.91. The van der Waals surface area contributed by atoms with Crippen molar-refractivity contribution in [2.24, 2.45) is 5.41 Å². The second-order valence-electron chi connectivity index (χ2n) is 6.11. The number of imidazole rings is 1. The smallest absolute Gasteiger partial charge is 0.140 e. The van der Waals surface area contributed by atoms with Crippen molar-refractivity contribution in [3.05, 3.63) is 36.7 Å². The Morgan fingerprint density at radius 1 is 1.35 bits per heavy atom. The van der Waals surface area contributed by atoms with Crippen molar-refractivity contribution in [2.75, 3.05) is 26.4 Å². The molecule has 0 aliphatic carbocycles. The molecule has 3 rings (SSSR count). The number of aliphatic hydroxyl groups excluding tert-OH is 1. The molecule has 1 N–H and O–H groups in total. The van der Waals surface area contributed by atoms with Crippen LogP contribution in [0.4, 0.5) is 0 Å². The molecule has 1 aliphatic rings. The summed E-state index contributed by atoms with van der Waals surface area (Å²) in [5, 5.41) is 9.91. The van der Waals surface area contributed by atoms with Gasteiger partial charge < -0.3 is 19.1 Å². The lowest BCUT2D eigenvalue weighted by molar-refractivity contribution is -0.0250. The average molecular weight is 316 g/mol. The molecule has 1 aliphatic heterocycles. The lowest BCUT2D eigenvalue weighted by Gasteiger charge is -2.36. The summed E-state index contributed by atoms with van der Waals surface area (Å²) in [5.74, 6) is 1.76. The first-order valence-corrected chi connectivity index (χ1v) is 8.19. The average Bonchev–Trinajstić information content (AvgIpc) is 3.04. The van der Waals surface area contributed by atoms with Gasteiger partial charge in [0.1, 0.15) is 11.6 Å². The Kier molecular flexibility index (Phi) is 4.98. The first-order chi connectivity index (χ1) is 11.3. The molecular formula is C18H24N2O3. The second kappa shape index (κ2) is 7.15. The molecule has 1 aromatic carbocycles. The summed E-state index contributed by atoms with van der Waals surface area (Å²) < 4.78 is 13.2. The predicted molar refractivity (Wildman–Crippen MR) is 88.4 cm³/mol. The van der Waals surface area contributed by atoms with Gasteiger partial charge in [-0.15, -0.1) is 0 Å². The van der Waals surface area contributed by atoms with Gasteiger partial charge in [-0.1, -0.05) is 12.1 Å². The fourth-order valence-electron chi connectivity index (χ4n) is 3.12. The number of hydrogen-bond acceptors (Lipinski definition) is 4. The van der Waals surface area contributed by atoms with Gasteiger partial charge >= 0.3 is 0 Å². The topological polar surface area (TPSA) is 56.5 Å². The number of nitrogens with zero attached hydrogens (tertiary/aromatic N) is 2. The van der Waals surface area contributed by atoms with Crippen LogP contribution in [-0.2, 0) is 11.3 Å². The number of ether oxygens (including phenoxy) is 2. The zero-order chi connectivity index (χ0) is 16.1. The molecule has 1 aromatic heterocycles. The van der Waals surface area contributed by atoms with Crippen LogP contribution in [0.1, 0.15) is 19.8 Å². The van der Waals surface area contributed by atoms with E-state index in [0.29, 0.717) is 19.8 Å². The summed E-state index contributed by atoms with van der Waals surface area (Å²) in [7, 11) is 0. The van der Waals surface area contributed by atoms with Crippen LogP contribution in [0.15, 0.2) is 36.7 Å². The molecule has 2 heterocycles. The van der Waals surface area contributed by atoms with Crippen molar-refractivity contribution in [3.8, 4) is 17.1 Å². The van der Waals surface area contributed by atoms with Crippen LogP contribution in [0.5, 0.6) is 5.75 Å². The van der Waals surface area contributed by atoms with E-state index in [1.165, 1.54) is 0 Å². The minimum Gasteiger partial charge on any atom is -0.494 e. The molecule has 124 valence electrons. The summed E-state index contributed by atoms with van der Waals surface area (Å²) in [6.07, 6.45) is 5.54.